The van der Waals surface area contributed by atoms with E-state index in [4.69, 9.17) is 18.9 Å². The third-order valence-corrected chi connectivity index (χ3v) is 18.0. The topological polar surface area (TPSA) is 91.3 Å². The molecule has 0 aromatic heterocycles. The van der Waals surface area contributed by atoms with Crippen molar-refractivity contribution >= 4 is 11.6 Å². The molecular formula is C44H74F2O7. The predicted octanol–water partition coefficient (Wildman–Crippen LogP) is 8.97. The molecule has 0 heterocycles. The lowest BCUT2D eigenvalue weighted by Crippen LogP contribution is -2.63. The van der Waals surface area contributed by atoms with Gasteiger partial charge in [-0.3, -0.25) is 18.4 Å². The normalized spacial score (nSPS) is 50.9. The molecule has 0 spiro atoms. The molecule has 4 bridgehead atoms. The molecule has 0 amide bonds. The van der Waals surface area contributed by atoms with Crippen molar-refractivity contribution in [1.82, 2.24) is 0 Å². The molecule has 6 rings (SSSR count). The average Bonchev–Trinajstić information content (AvgIpc) is 3.73. The van der Waals surface area contributed by atoms with Crippen LogP contribution in [0.3, 0.4) is 0 Å². The summed E-state index contributed by atoms with van der Waals surface area (Å²) < 4.78 is 50.2. The first-order valence-corrected chi connectivity index (χ1v) is 20.9. The van der Waals surface area contributed by atoms with E-state index in [1.165, 1.54) is 0 Å². The highest BCUT2D eigenvalue weighted by Crippen LogP contribution is 2.70. The van der Waals surface area contributed by atoms with Gasteiger partial charge in [0.1, 0.15) is 18.4 Å². The molecule has 0 radical (unpaired) electrons. The van der Waals surface area contributed by atoms with E-state index in [0.717, 1.165) is 51.4 Å². The highest BCUT2D eigenvalue weighted by Gasteiger charge is 2.69. The van der Waals surface area contributed by atoms with Gasteiger partial charge in [0.2, 0.25) is 0 Å². The lowest BCUT2D eigenvalue weighted by Gasteiger charge is -2.62. The van der Waals surface area contributed by atoms with E-state index in [2.05, 4.69) is 41.5 Å². The standard InChI is InChI=1S/C23H39FO4.C21H35FO3/c1-15-7-9-23-10-8-17(27-6)19(23)22(15,4)18(28-14-26-5)13-21(3,11-12-24)20(25)16(23)2;1-13-6-8-21-9-7-15(25-5)17(21)20(13,4)16(23)12-19(3,10-11-22)18(24)14(21)2/h15-19H,7-14H2,1-6H3;13-17,23H,6-12H2,1-5H3/t15-,16+,17-,18?,19?,21-,22+,23?;13-,14+,15-,16-,17?,19-,20+,21?/m11/s1. The lowest BCUT2D eigenvalue weighted by atomic mass is 9.44. The van der Waals surface area contributed by atoms with Gasteiger partial charge in [-0.15, -0.1) is 0 Å². The fraction of sp³-hybridized carbons (Fsp3) is 0.955. The maximum atomic E-state index is 13.8. The van der Waals surface area contributed by atoms with Gasteiger partial charge in [0, 0.05) is 54.8 Å². The van der Waals surface area contributed by atoms with Crippen LogP contribution in [0.15, 0.2) is 0 Å². The Bertz CT molecular complexity index is 1310. The molecule has 6 saturated carbocycles. The summed E-state index contributed by atoms with van der Waals surface area (Å²) in [6.07, 6.45) is 8.99. The van der Waals surface area contributed by atoms with Gasteiger partial charge in [0.05, 0.1) is 37.8 Å². The SMILES string of the molecule is COCOC1C[C@@](C)(CCF)C(=O)[C@H](C)C23CC[C@@H](C)[C@]1(C)C2[C@H](OC)CC3.CO[C@@H]1CCC23CC[C@@H](C)[C@](C)(C12)[C@H](O)C[C@@](C)(CCF)C(=O)[C@@H]3C. The third-order valence-electron chi connectivity index (χ3n) is 18.0. The monoisotopic (exact) mass is 753 g/mol. The fourth-order valence-electron chi connectivity index (χ4n) is 14.3. The second-order valence-electron chi connectivity index (χ2n) is 19.8. The minimum Gasteiger partial charge on any atom is -0.393 e. The molecule has 7 nitrogen and oxygen atoms in total. The van der Waals surface area contributed by atoms with E-state index >= 15 is 0 Å². The van der Waals surface area contributed by atoms with Crippen LogP contribution in [0.5, 0.6) is 0 Å². The van der Waals surface area contributed by atoms with Crippen molar-refractivity contribution < 1.29 is 42.4 Å². The summed E-state index contributed by atoms with van der Waals surface area (Å²) in [5.41, 5.74) is -2.09. The predicted molar refractivity (Wildman–Crippen MR) is 203 cm³/mol. The first-order valence-electron chi connectivity index (χ1n) is 20.9. The summed E-state index contributed by atoms with van der Waals surface area (Å²) in [6, 6.07) is 0. The van der Waals surface area contributed by atoms with Gasteiger partial charge in [-0.05, 0) is 112 Å². The van der Waals surface area contributed by atoms with Crippen molar-refractivity contribution in [3.8, 4) is 0 Å². The van der Waals surface area contributed by atoms with Gasteiger partial charge in [0.25, 0.3) is 0 Å². The molecule has 0 saturated heterocycles. The zero-order chi connectivity index (χ0) is 39.4. The van der Waals surface area contributed by atoms with Gasteiger partial charge < -0.3 is 24.1 Å². The van der Waals surface area contributed by atoms with E-state index in [9.17, 15) is 23.5 Å². The van der Waals surface area contributed by atoms with Crippen LogP contribution in [-0.4, -0.2) is 82.6 Å². The van der Waals surface area contributed by atoms with Crippen LogP contribution in [0.1, 0.15) is 132 Å². The highest BCUT2D eigenvalue weighted by molar-refractivity contribution is 5.88. The minimum atomic E-state index is -0.769. The number of carbonyl (C=O) groups is 2. The van der Waals surface area contributed by atoms with Crippen molar-refractivity contribution in [1.29, 1.82) is 0 Å². The van der Waals surface area contributed by atoms with Crippen LogP contribution in [0, 0.1) is 68.0 Å². The fourth-order valence-corrected chi connectivity index (χ4v) is 14.3. The zero-order valence-electron chi connectivity index (χ0n) is 35.0. The molecule has 0 aliphatic heterocycles. The number of carbonyl (C=O) groups excluding carboxylic acids is 2. The van der Waals surface area contributed by atoms with E-state index in [-0.39, 0.29) is 94.8 Å². The van der Waals surface area contributed by atoms with E-state index in [1.54, 1.807) is 21.3 Å². The van der Waals surface area contributed by atoms with Gasteiger partial charge in [-0.2, -0.15) is 0 Å². The molecule has 6 aliphatic carbocycles. The first kappa shape index (κ1) is 43.1. The number of hydrogen-bond acceptors (Lipinski definition) is 7. The number of ketones is 2. The second-order valence-corrected chi connectivity index (χ2v) is 19.8. The summed E-state index contributed by atoms with van der Waals surface area (Å²) in [5.74, 6) is 1.46. The maximum Gasteiger partial charge on any atom is 0.146 e. The van der Waals surface area contributed by atoms with Crippen molar-refractivity contribution in [3.05, 3.63) is 0 Å². The van der Waals surface area contributed by atoms with Crippen molar-refractivity contribution in [2.75, 3.05) is 41.5 Å². The molecule has 0 aromatic rings. The second kappa shape index (κ2) is 15.7. The Morgan fingerprint density at radius 3 is 1.51 bits per heavy atom. The largest absolute Gasteiger partial charge is 0.393 e. The van der Waals surface area contributed by atoms with Crippen LogP contribution in [-0.2, 0) is 28.5 Å². The highest BCUT2D eigenvalue weighted by atomic mass is 19.1. The molecule has 6 fully saturated rings. The van der Waals surface area contributed by atoms with Crippen LogP contribution < -0.4 is 0 Å². The Morgan fingerprint density at radius 1 is 0.660 bits per heavy atom. The maximum absolute atomic E-state index is 13.8. The summed E-state index contributed by atoms with van der Waals surface area (Å²) >= 11 is 0. The van der Waals surface area contributed by atoms with Crippen LogP contribution in [0.25, 0.3) is 0 Å². The number of rotatable bonds is 9. The summed E-state index contributed by atoms with van der Waals surface area (Å²) in [4.78, 5) is 27.2. The molecule has 306 valence electrons. The Labute approximate surface area is 319 Å². The van der Waals surface area contributed by atoms with Crippen LogP contribution in [0.2, 0.25) is 0 Å². The zero-order valence-corrected chi connectivity index (χ0v) is 35.0. The molecule has 1 N–H and O–H groups in total. The number of aliphatic hydroxyl groups is 1. The smallest absolute Gasteiger partial charge is 0.146 e. The van der Waals surface area contributed by atoms with Gasteiger partial charge in [-0.25, -0.2) is 0 Å². The minimum absolute atomic E-state index is 0.0777. The summed E-state index contributed by atoms with van der Waals surface area (Å²) in [6.45, 7) is 16.3. The summed E-state index contributed by atoms with van der Waals surface area (Å²) in [5, 5.41) is 11.3. The summed E-state index contributed by atoms with van der Waals surface area (Å²) in [7, 11) is 5.19. The number of hydrogen-bond donors (Lipinski definition) is 1. The van der Waals surface area contributed by atoms with E-state index in [0.29, 0.717) is 24.7 Å². The average molecular weight is 753 g/mol. The molecule has 53 heavy (non-hydrogen) atoms. The van der Waals surface area contributed by atoms with Gasteiger partial charge in [-0.1, -0.05) is 55.4 Å². The molecule has 5 unspecified atom stereocenters. The molecular weight excluding hydrogens is 678 g/mol. The molecule has 0 aromatic carbocycles. The van der Waals surface area contributed by atoms with E-state index < -0.39 is 30.3 Å². The van der Waals surface area contributed by atoms with Crippen LogP contribution in [0.4, 0.5) is 8.78 Å². The van der Waals surface area contributed by atoms with Gasteiger partial charge >= 0.3 is 0 Å². The third kappa shape index (κ3) is 6.52. The van der Waals surface area contributed by atoms with Crippen molar-refractivity contribution in [3.63, 3.8) is 0 Å². The molecule has 9 heteroatoms. The molecule has 16 atom stereocenters. The van der Waals surface area contributed by atoms with Crippen LogP contribution >= 0.6 is 0 Å². The quantitative estimate of drug-likeness (QED) is 0.235. The number of halogens is 2. The number of methoxy groups -OCH3 is 3. The Hall–Kier alpha value is -1.00. The molecule has 6 aliphatic rings. The van der Waals surface area contributed by atoms with E-state index in [1.807, 2.05) is 13.8 Å². The Morgan fingerprint density at radius 2 is 1.08 bits per heavy atom. The number of Topliss-reactive ketones (excluding diaryl/α,β-unsaturated/α-hetero) is 2. The van der Waals surface area contributed by atoms with Crippen molar-refractivity contribution in [2.24, 2.45) is 68.0 Å². The Balaban J connectivity index is 0.000000206. The number of aliphatic hydroxyl groups excluding tert-OH is 1. The first-order chi connectivity index (χ1) is 24.9. The number of alkyl halides is 2. The van der Waals surface area contributed by atoms with Gasteiger partial charge in [0.15, 0.2) is 0 Å². The van der Waals surface area contributed by atoms with Crippen molar-refractivity contribution in [2.45, 2.75) is 157 Å². The lowest BCUT2D eigenvalue weighted by molar-refractivity contribution is -0.220. The Kier molecular flexibility index (Phi) is 12.8. The number of ether oxygens (including phenoxy) is 4.